The van der Waals surface area contributed by atoms with Crippen LogP contribution in [0.15, 0.2) is 35.7 Å². The fourth-order valence-electron chi connectivity index (χ4n) is 1.96. The molecular formula is C13H15N3O3. The third-order valence-electron chi connectivity index (χ3n) is 3.01. The largest absolute Gasteiger partial charge is 0.478 e. The van der Waals surface area contributed by atoms with Gasteiger partial charge in [-0.05, 0) is 24.3 Å². The molecule has 2 rings (SSSR count). The minimum atomic E-state index is -1.15. The van der Waals surface area contributed by atoms with E-state index in [-0.39, 0.29) is 23.7 Å². The lowest BCUT2D eigenvalue weighted by molar-refractivity contribution is -0.133. The fraction of sp³-hybridized carbons (Fsp3) is 0.231. The Bertz CT molecular complexity index is 561. The summed E-state index contributed by atoms with van der Waals surface area (Å²) in [7, 11) is 3.82. The van der Waals surface area contributed by atoms with Gasteiger partial charge in [0.2, 0.25) is 5.91 Å². The molecule has 0 radical (unpaired) electrons. The van der Waals surface area contributed by atoms with Crippen LogP contribution in [0.5, 0.6) is 0 Å². The first kappa shape index (κ1) is 12.9. The minimum absolute atomic E-state index is 0.00453. The van der Waals surface area contributed by atoms with Crippen molar-refractivity contribution in [2.75, 3.05) is 23.9 Å². The number of aliphatic carboxylic acids is 1. The lowest BCUT2D eigenvalue weighted by Crippen LogP contribution is -2.28. The molecule has 1 aromatic rings. The zero-order chi connectivity index (χ0) is 14.2. The molecule has 3 N–H and O–H groups in total. The summed E-state index contributed by atoms with van der Waals surface area (Å²) in [5.74, 6) is -1.49. The van der Waals surface area contributed by atoms with Crippen LogP contribution in [-0.4, -0.2) is 31.1 Å². The van der Waals surface area contributed by atoms with Gasteiger partial charge in [-0.3, -0.25) is 9.69 Å². The van der Waals surface area contributed by atoms with E-state index in [0.29, 0.717) is 5.69 Å². The number of rotatable bonds is 3. The molecule has 0 bridgehead atoms. The quantitative estimate of drug-likeness (QED) is 0.838. The number of carbonyl (C=O) groups excluding carboxylic acids is 1. The molecular weight excluding hydrogens is 246 g/mol. The predicted molar refractivity (Wildman–Crippen MR) is 71.7 cm³/mol. The van der Waals surface area contributed by atoms with E-state index in [1.165, 1.54) is 4.90 Å². The molecule has 0 unspecified atom stereocenters. The molecule has 1 aromatic carbocycles. The summed E-state index contributed by atoms with van der Waals surface area (Å²) in [6, 6.07) is 7.17. The second-order valence-corrected chi connectivity index (χ2v) is 4.49. The highest BCUT2D eigenvalue weighted by Crippen LogP contribution is 2.28. The van der Waals surface area contributed by atoms with Crippen LogP contribution in [0.25, 0.3) is 0 Å². The Morgan fingerprint density at radius 3 is 2.32 bits per heavy atom. The van der Waals surface area contributed by atoms with Crippen LogP contribution in [0.2, 0.25) is 0 Å². The molecule has 0 saturated heterocycles. The maximum atomic E-state index is 11.8. The van der Waals surface area contributed by atoms with Gasteiger partial charge in [-0.15, -0.1) is 0 Å². The van der Waals surface area contributed by atoms with E-state index >= 15 is 0 Å². The summed E-state index contributed by atoms with van der Waals surface area (Å²) >= 11 is 0. The fourth-order valence-corrected chi connectivity index (χ4v) is 1.96. The summed E-state index contributed by atoms with van der Waals surface area (Å²) in [5.41, 5.74) is 7.24. The van der Waals surface area contributed by atoms with Crippen molar-refractivity contribution in [1.29, 1.82) is 0 Å². The summed E-state index contributed by atoms with van der Waals surface area (Å²) in [6.07, 6.45) is -0.170. The van der Waals surface area contributed by atoms with Gasteiger partial charge in [0.25, 0.3) is 0 Å². The first-order chi connectivity index (χ1) is 8.91. The molecule has 100 valence electrons. The zero-order valence-corrected chi connectivity index (χ0v) is 10.8. The summed E-state index contributed by atoms with van der Waals surface area (Å²) in [4.78, 5) is 26.0. The number of carboxylic acids is 1. The monoisotopic (exact) mass is 261 g/mol. The first-order valence-electron chi connectivity index (χ1n) is 5.74. The second-order valence-electron chi connectivity index (χ2n) is 4.49. The number of hydrogen-bond acceptors (Lipinski definition) is 4. The van der Waals surface area contributed by atoms with Crippen molar-refractivity contribution in [3.05, 3.63) is 35.7 Å². The van der Waals surface area contributed by atoms with Gasteiger partial charge < -0.3 is 15.7 Å². The Balaban J connectivity index is 2.36. The van der Waals surface area contributed by atoms with Gasteiger partial charge >= 0.3 is 5.97 Å². The van der Waals surface area contributed by atoms with Crippen molar-refractivity contribution in [2.24, 2.45) is 5.73 Å². The van der Waals surface area contributed by atoms with Crippen LogP contribution < -0.4 is 15.5 Å². The number of benzene rings is 1. The van der Waals surface area contributed by atoms with Gasteiger partial charge in [0.1, 0.15) is 5.82 Å². The number of carboxylic acid groups (broad SMARTS) is 1. The molecule has 0 atom stereocenters. The van der Waals surface area contributed by atoms with Gasteiger partial charge in [0, 0.05) is 19.8 Å². The van der Waals surface area contributed by atoms with Crippen molar-refractivity contribution >= 4 is 23.3 Å². The van der Waals surface area contributed by atoms with Crippen molar-refractivity contribution in [3.63, 3.8) is 0 Å². The number of nitrogens with two attached hydrogens (primary N) is 1. The summed E-state index contributed by atoms with van der Waals surface area (Å²) in [6.45, 7) is 0. The molecule has 0 spiro atoms. The van der Waals surface area contributed by atoms with Crippen molar-refractivity contribution < 1.29 is 14.7 Å². The van der Waals surface area contributed by atoms with Gasteiger partial charge in [0.15, 0.2) is 0 Å². The highest BCUT2D eigenvalue weighted by Gasteiger charge is 2.33. The Morgan fingerprint density at radius 2 is 1.89 bits per heavy atom. The van der Waals surface area contributed by atoms with Gasteiger partial charge in [-0.2, -0.15) is 0 Å². The van der Waals surface area contributed by atoms with E-state index in [0.717, 1.165) is 5.69 Å². The topological polar surface area (TPSA) is 86.9 Å². The van der Waals surface area contributed by atoms with Crippen molar-refractivity contribution in [1.82, 2.24) is 0 Å². The minimum Gasteiger partial charge on any atom is -0.478 e. The lowest BCUT2D eigenvalue weighted by Gasteiger charge is -2.19. The van der Waals surface area contributed by atoms with Crippen LogP contribution in [-0.2, 0) is 9.59 Å². The Labute approximate surface area is 110 Å². The molecule has 1 aliphatic rings. The standard InChI is InChI=1S/C13H15N3O3/c1-15(2)8-3-5-9(6-4-8)16-11(17)7-10(12(16)14)13(18)19/h3-6H,7,14H2,1-2H3,(H,18,19). The zero-order valence-electron chi connectivity index (χ0n) is 10.8. The third-order valence-corrected chi connectivity index (χ3v) is 3.01. The molecule has 1 heterocycles. The van der Waals surface area contributed by atoms with E-state index < -0.39 is 5.97 Å². The molecule has 0 fully saturated rings. The average molecular weight is 261 g/mol. The third kappa shape index (κ3) is 2.24. The molecule has 6 nitrogen and oxygen atoms in total. The maximum Gasteiger partial charge on any atom is 0.335 e. The van der Waals surface area contributed by atoms with Crippen LogP contribution in [0.4, 0.5) is 11.4 Å². The number of amides is 1. The number of carbonyl (C=O) groups is 2. The van der Waals surface area contributed by atoms with Crippen molar-refractivity contribution in [2.45, 2.75) is 6.42 Å². The molecule has 0 saturated carbocycles. The predicted octanol–water partition coefficient (Wildman–Crippen LogP) is 0.744. The van der Waals surface area contributed by atoms with Gasteiger partial charge in [-0.1, -0.05) is 0 Å². The smallest absolute Gasteiger partial charge is 0.335 e. The number of hydrogen-bond donors (Lipinski definition) is 2. The van der Waals surface area contributed by atoms with Crippen LogP contribution >= 0.6 is 0 Å². The van der Waals surface area contributed by atoms with E-state index in [1.54, 1.807) is 12.1 Å². The van der Waals surface area contributed by atoms with Crippen LogP contribution in [0.1, 0.15) is 6.42 Å². The average Bonchev–Trinajstić information content (AvgIpc) is 2.65. The van der Waals surface area contributed by atoms with Gasteiger partial charge in [-0.25, -0.2) is 4.79 Å². The van der Waals surface area contributed by atoms with Gasteiger partial charge in [0.05, 0.1) is 17.7 Å². The maximum absolute atomic E-state index is 11.8. The van der Waals surface area contributed by atoms with E-state index in [4.69, 9.17) is 10.8 Å². The SMILES string of the molecule is CN(C)c1ccc(N2C(=O)CC(C(=O)O)=C2N)cc1. The Hall–Kier alpha value is -2.50. The van der Waals surface area contributed by atoms with Crippen LogP contribution in [0, 0.1) is 0 Å². The lowest BCUT2D eigenvalue weighted by atomic mass is 10.2. The molecule has 1 aliphatic heterocycles. The Kier molecular flexibility index (Phi) is 3.16. The molecule has 19 heavy (non-hydrogen) atoms. The van der Waals surface area contributed by atoms with E-state index in [1.807, 2.05) is 31.1 Å². The van der Waals surface area contributed by atoms with E-state index in [9.17, 15) is 9.59 Å². The molecule has 0 aromatic heterocycles. The highest BCUT2D eigenvalue weighted by molar-refractivity contribution is 6.08. The molecule has 6 heteroatoms. The summed E-state index contributed by atoms with van der Waals surface area (Å²) < 4.78 is 0. The van der Waals surface area contributed by atoms with E-state index in [2.05, 4.69) is 0 Å². The molecule has 0 aliphatic carbocycles. The summed E-state index contributed by atoms with van der Waals surface area (Å²) in [5, 5.41) is 8.96. The van der Waals surface area contributed by atoms with Crippen LogP contribution in [0.3, 0.4) is 0 Å². The number of anilines is 2. The normalized spacial score (nSPS) is 15.1. The molecule has 1 amide bonds. The number of nitrogens with zero attached hydrogens (tertiary/aromatic N) is 2. The Morgan fingerprint density at radius 1 is 1.32 bits per heavy atom. The second kappa shape index (κ2) is 4.64. The first-order valence-corrected chi connectivity index (χ1v) is 5.74. The van der Waals surface area contributed by atoms with Crippen molar-refractivity contribution in [3.8, 4) is 0 Å². The highest BCUT2D eigenvalue weighted by atomic mass is 16.4.